The molecule has 0 aliphatic carbocycles. The zero-order valence-corrected chi connectivity index (χ0v) is 17.1. The molecule has 0 saturated heterocycles. The quantitative estimate of drug-likeness (QED) is 0.361. The summed E-state index contributed by atoms with van der Waals surface area (Å²) >= 11 is 0. The predicted octanol–water partition coefficient (Wildman–Crippen LogP) is 6.74. The molecule has 0 atom stereocenters. The summed E-state index contributed by atoms with van der Waals surface area (Å²) in [4.78, 5) is 17.3. The Labute approximate surface area is 154 Å². The Balaban J connectivity index is 3.29. The molecule has 25 heavy (non-hydrogen) atoms. The van der Waals surface area contributed by atoms with Gasteiger partial charge < -0.3 is 0 Å². The summed E-state index contributed by atoms with van der Waals surface area (Å²) in [6.07, 6.45) is 6.21. The highest BCUT2D eigenvalue weighted by Gasteiger charge is 2.15. The largest absolute Gasteiger partial charge is 0.294 e. The number of carbonyl (C=O) groups is 1. The number of hydrogen-bond donors (Lipinski definition) is 0. The van der Waals surface area contributed by atoms with E-state index in [4.69, 9.17) is 4.99 Å². The molecule has 138 valence electrons. The number of unbranched alkanes of at least 4 members (excludes halogenated alkanes) is 1. The zero-order chi connectivity index (χ0) is 19.0. The molecule has 1 aromatic rings. The third-order valence-electron chi connectivity index (χ3n) is 4.21. The normalized spacial score (nSPS) is 13.0. The molecule has 0 N–H and O–H groups in total. The van der Waals surface area contributed by atoms with Crippen LogP contribution in [0.15, 0.2) is 29.3 Å². The Hall–Kier alpha value is -1.70. The maximum absolute atomic E-state index is 12.4. The van der Waals surface area contributed by atoms with Gasteiger partial charge in [0.25, 0.3) is 0 Å². The fourth-order valence-electron chi connectivity index (χ4n) is 2.95. The van der Waals surface area contributed by atoms with E-state index in [1.165, 1.54) is 0 Å². The zero-order valence-electron chi connectivity index (χ0n) is 17.1. The first kappa shape index (κ1) is 21.3. The van der Waals surface area contributed by atoms with E-state index < -0.39 is 0 Å². The summed E-state index contributed by atoms with van der Waals surface area (Å²) in [6, 6.07) is 6.20. The average molecular weight is 342 g/mol. The smallest absolute Gasteiger partial charge is 0.165 e. The van der Waals surface area contributed by atoms with Crippen LogP contribution in [0.25, 0.3) is 5.70 Å². The molecule has 0 heterocycles. The molecule has 0 unspecified atom stereocenters. The highest BCUT2D eigenvalue weighted by Crippen LogP contribution is 2.24. The number of benzene rings is 1. The number of hydrogen-bond acceptors (Lipinski definition) is 2. The van der Waals surface area contributed by atoms with Gasteiger partial charge in [0, 0.05) is 22.8 Å². The lowest BCUT2D eigenvalue weighted by atomic mass is 9.93. The van der Waals surface area contributed by atoms with Crippen molar-refractivity contribution in [1.82, 2.24) is 0 Å². The molecular weight excluding hydrogens is 306 g/mol. The number of carbonyl (C=O) groups excluding carboxylic acids is 1. The third-order valence-corrected chi connectivity index (χ3v) is 4.21. The fraction of sp³-hybridized carbons (Fsp3) is 0.565. The number of allylic oxidation sites excluding steroid dienone is 1. The Morgan fingerprint density at radius 2 is 1.84 bits per heavy atom. The molecule has 0 bridgehead atoms. The summed E-state index contributed by atoms with van der Waals surface area (Å²) in [7, 11) is 0. The number of ketones is 1. The lowest BCUT2D eigenvalue weighted by Gasteiger charge is -2.13. The molecule has 0 aliphatic heterocycles. The van der Waals surface area contributed by atoms with Gasteiger partial charge in [-0.05, 0) is 43.7 Å². The van der Waals surface area contributed by atoms with Gasteiger partial charge >= 0.3 is 0 Å². The number of aryl methyl sites for hydroxylation is 1. The first-order valence-corrected chi connectivity index (χ1v) is 9.71. The Morgan fingerprint density at radius 3 is 2.36 bits per heavy atom. The summed E-state index contributed by atoms with van der Waals surface area (Å²) in [5.41, 5.74) is 5.30. The first-order chi connectivity index (χ1) is 11.8. The van der Waals surface area contributed by atoms with Crippen molar-refractivity contribution in [2.45, 2.75) is 74.1 Å². The second-order valence-corrected chi connectivity index (χ2v) is 7.57. The second kappa shape index (κ2) is 10.3. The molecule has 0 fully saturated rings. The van der Waals surface area contributed by atoms with Gasteiger partial charge in [-0.15, -0.1) is 0 Å². The van der Waals surface area contributed by atoms with Crippen LogP contribution in [-0.2, 0) is 6.42 Å². The number of rotatable bonds is 9. The molecule has 0 spiro atoms. The van der Waals surface area contributed by atoms with Crippen LogP contribution >= 0.6 is 0 Å². The van der Waals surface area contributed by atoms with Crippen LogP contribution in [0.5, 0.6) is 0 Å². The minimum atomic E-state index is 0.0255. The van der Waals surface area contributed by atoms with Crippen molar-refractivity contribution in [3.63, 3.8) is 0 Å². The van der Waals surface area contributed by atoms with Crippen LogP contribution in [0.2, 0.25) is 0 Å². The van der Waals surface area contributed by atoms with E-state index in [0.717, 1.165) is 53.8 Å². The first-order valence-electron chi connectivity index (χ1n) is 9.71. The van der Waals surface area contributed by atoms with E-state index >= 15 is 0 Å². The van der Waals surface area contributed by atoms with Crippen LogP contribution in [0.4, 0.5) is 0 Å². The minimum Gasteiger partial charge on any atom is -0.294 e. The standard InChI is InChI=1S/C23H35NO/c1-8-10-11-22(24-18(7)14-16(3)4)20-12-13-21(19(9-2)15-20)23(25)17(5)6/h11-13,15-17H,8-10,14H2,1-7H3/b22-11-,24-18?. The Bertz CT molecular complexity index is 635. The Morgan fingerprint density at radius 1 is 1.16 bits per heavy atom. The van der Waals surface area contributed by atoms with E-state index in [9.17, 15) is 4.79 Å². The van der Waals surface area contributed by atoms with E-state index in [1.54, 1.807) is 0 Å². The summed E-state index contributed by atoms with van der Waals surface area (Å²) < 4.78 is 0. The molecule has 1 rings (SSSR count). The van der Waals surface area contributed by atoms with Crippen molar-refractivity contribution in [3.05, 3.63) is 41.0 Å². The van der Waals surface area contributed by atoms with Gasteiger partial charge in [0.15, 0.2) is 5.78 Å². The highest BCUT2D eigenvalue weighted by molar-refractivity contribution is 5.99. The van der Waals surface area contributed by atoms with Crippen molar-refractivity contribution < 1.29 is 4.79 Å². The monoisotopic (exact) mass is 341 g/mol. The molecule has 0 aliphatic rings. The van der Waals surface area contributed by atoms with Crippen molar-refractivity contribution in [2.75, 3.05) is 0 Å². The van der Waals surface area contributed by atoms with Gasteiger partial charge in [0.1, 0.15) is 0 Å². The van der Waals surface area contributed by atoms with Gasteiger partial charge in [0.05, 0.1) is 5.70 Å². The molecule has 2 nitrogen and oxygen atoms in total. The minimum absolute atomic E-state index is 0.0255. The molecule has 0 radical (unpaired) electrons. The topological polar surface area (TPSA) is 29.4 Å². The summed E-state index contributed by atoms with van der Waals surface area (Å²) in [6.45, 7) is 14.8. The van der Waals surface area contributed by atoms with Gasteiger partial charge in [-0.25, -0.2) is 0 Å². The van der Waals surface area contributed by atoms with E-state index in [2.05, 4.69) is 52.8 Å². The number of aliphatic imine (C=N–C) groups is 1. The van der Waals surface area contributed by atoms with Gasteiger partial charge in [-0.3, -0.25) is 9.79 Å². The molecule has 1 aromatic carbocycles. The SMILES string of the molecule is CCC/C=C(\N=C(C)CC(C)C)c1ccc(C(=O)C(C)C)c(CC)c1. The summed E-state index contributed by atoms with van der Waals surface area (Å²) in [5.74, 6) is 0.855. The fourth-order valence-corrected chi connectivity index (χ4v) is 2.95. The molecule has 2 heteroatoms. The van der Waals surface area contributed by atoms with Crippen LogP contribution in [-0.4, -0.2) is 11.5 Å². The van der Waals surface area contributed by atoms with Crippen molar-refractivity contribution in [1.29, 1.82) is 0 Å². The van der Waals surface area contributed by atoms with E-state index in [0.29, 0.717) is 5.92 Å². The molecular formula is C23H35NO. The lowest BCUT2D eigenvalue weighted by molar-refractivity contribution is 0.0938. The second-order valence-electron chi connectivity index (χ2n) is 7.57. The van der Waals surface area contributed by atoms with E-state index in [-0.39, 0.29) is 11.7 Å². The van der Waals surface area contributed by atoms with Crippen molar-refractivity contribution in [3.8, 4) is 0 Å². The number of Topliss-reactive ketones (excluding diaryl/α,β-unsaturated/α-hetero) is 1. The van der Waals surface area contributed by atoms with Crippen LogP contribution < -0.4 is 0 Å². The maximum Gasteiger partial charge on any atom is 0.165 e. The highest BCUT2D eigenvalue weighted by atomic mass is 16.1. The average Bonchev–Trinajstić information content (AvgIpc) is 2.56. The van der Waals surface area contributed by atoms with Gasteiger partial charge in [0.2, 0.25) is 0 Å². The predicted molar refractivity (Wildman–Crippen MR) is 110 cm³/mol. The lowest BCUT2D eigenvalue weighted by Crippen LogP contribution is -2.10. The van der Waals surface area contributed by atoms with Crippen LogP contribution in [0.1, 0.15) is 89.2 Å². The maximum atomic E-state index is 12.4. The van der Waals surface area contributed by atoms with Crippen LogP contribution in [0.3, 0.4) is 0 Å². The molecule has 0 aromatic heterocycles. The number of nitrogens with zero attached hydrogens (tertiary/aromatic N) is 1. The summed E-state index contributed by atoms with van der Waals surface area (Å²) in [5, 5.41) is 0. The van der Waals surface area contributed by atoms with Gasteiger partial charge in [-0.2, -0.15) is 0 Å². The molecule has 0 amide bonds. The van der Waals surface area contributed by atoms with Crippen molar-refractivity contribution >= 4 is 17.2 Å². The Kier molecular flexibility index (Phi) is 8.82. The van der Waals surface area contributed by atoms with Crippen LogP contribution in [0, 0.1) is 11.8 Å². The third kappa shape index (κ3) is 6.61. The van der Waals surface area contributed by atoms with Crippen molar-refractivity contribution in [2.24, 2.45) is 16.8 Å². The molecule has 0 saturated carbocycles. The van der Waals surface area contributed by atoms with Gasteiger partial charge in [-0.1, -0.05) is 66.2 Å². The van der Waals surface area contributed by atoms with E-state index in [1.807, 2.05) is 19.9 Å².